The minimum absolute atomic E-state index is 0.0838. The lowest BCUT2D eigenvalue weighted by atomic mass is 10.1. The Morgan fingerprint density at radius 2 is 1.80 bits per heavy atom. The maximum atomic E-state index is 12.5. The minimum Gasteiger partial charge on any atom is -0.309 e. The third-order valence-electron chi connectivity index (χ3n) is 3.59. The summed E-state index contributed by atoms with van der Waals surface area (Å²) in [4.78, 5) is 0. The van der Waals surface area contributed by atoms with Gasteiger partial charge in [0.05, 0.1) is 16.6 Å². The summed E-state index contributed by atoms with van der Waals surface area (Å²) in [6, 6.07) is 4.20. The number of sulfone groups is 1. The molecule has 2 atom stereocenters. The number of hydrogen-bond acceptors (Lipinski definition) is 3. The molecule has 0 bridgehead atoms. The molecule has 0 aromatic heterocycles. The molecule has 1 fully saturated rings. The van der Waals surface area contributed by atoms with Crippen molar-refractivity contribution in [1.82, 2.24) is 5.32 Å². The number of hydrogen-bond donors (Lipinski definition) is 1. The van der Waals surface area contributed by atoms with Crippen molar-refractivity contribution in [2.75, 3.05) is 12.3 Å². The van der Waals surface area contributed by atoms with E-state index in [1.54, 1.807) is 6.92 Å². The van der Waals surface area contributed by atoms with Crippen LogP contribution in [0.5, 0.6) is 0 Å². The van der Waals surface area contributed by atoms with Gasteiger partial charge in [0.2, 0.25) is 0 Å². The molecule has 0 aliphatic carbocycles. The molecule has 0 saturated carbocycles. The second kappa shape index (κ2) is 5.37. The maximum absolute atomic E-state index is 12.5. The molecule has 20 heavy (non-hydrogen) atoms. The first-order chi connectivity index (χ1) is 9.20. The molecular formula is C13H16F3NO2S. The molecule has 2 unspecified atom stereocenters. The highest BCUT2D eigenvalue weighted by Gasteiger charge is 2.32. The molecule has 1 aliphatic heterocycles. The number of nitrogens with one attached hydrogen (secondary N) is 1. The van der Waals surface area contributed by atoms with Gasteiger partial charge in [0.25, 0.3) is 0 Å². The third-order valence-corrected chi connectivity index (χ3v) is 5.85. The van der Waals surface area contributed by atoms with E-state index >= 15 is 0 Å². The van der Waals surface area contributed by atoms with E-state index in [0.717, 1.165) is 12.1 Å². The quantitative estimate of drug-likeness (QED) is 0.867. The third kappa shape index (κ3) is 3.32. The van der Waals surface area contributed by atoms with Crippen LogP contribution in [0.4, 0.5) is 13.2 Å². The van der Waals surface area contributed by atoms with Crippen LogP contribution in [0.1, 0.15) is 30.5 Å². The van der Waals surface area contributed by atoms with Crippen molar-refractivity contribution in [3.63, 3.8) is 0 Å². The Morgan fingerprint density at radius 1 is 1.20 bits per heavy atom. The number of benzene rings is 1. The van der Waals surface area contributed by atoms with Crippen LogP contribution >= 0.6 is 0 Å². The fraction of sp³-hybridized carbons (Fsp3) is 0.538. The molecule has 7 heteroatoms. The first kappa shape index (κ1) is 15.3. The number of rotatable bonds is 1. The van der Waals surface area contributed by atoms with E-state index in [0.29, 0.717) is 18.5 Å². The predicted molar refractivity (Wildman–Crippen MR) is 70.1 cm³/mol. The van der Waals surface area contributed by atoms with E-state index in [9.17, 15) is 21.6 Å². The summed E-state index contributed by atoms with van der Waals surface area (Å²) in [5.74, 6) is -0.0838. The van der Waals surface area contributed by atoms with Gasteiger partial charge in [0.15, 0.2) is 9.84 Å². The minimum atomic E-state index is -4.38. The van der Waals surface area contributed by atoms with E-state index in [-0.39, 0.29) is 5.75 Å². The normalized spacial score (nSPS) is 27.0. The van der Waals surface area contributed by atoms with Crippen LogP contribution < -0.4 is 5.32 Å². The number of halogens is 3. The summed E-state index contributed by atoms with van der Waals surface area (Å²) in [6.45, 7) is 2.19. The highest BCUT2D eigenvalue weighted by Crippen LogP contribution is 2.30. The van der Waals surface area contributed by atoms with Gasteiger partial charge in [-0.25, -0.2) is 8.42 Å². The van der Waals surface area contributed by atoms with Gasteiger partial charge in [-0.15, -0.1) is 0 Å². The smallest absolute Gasteiger partial charge is 0.309 e. The highest BCUT2D eigenvalue weighted by atomic mass is 32.2. The second-order valence-electron chi connectivity index (χ2n) is 5.06. The van der Waals surface area contributed by atoms with Crippen molar-refractivity contribution in [3.8, 4) is 0 Å². The van der Waals surface area contributed by atoms with Gasteiger partial charge in [0.1, 0.15) is 0 Å². The van der Waals surface area contributed by atoms with Gasteiger partial charge in [-0.2, -0.15) is 13.2 Å². The SMILES string of the molecule is CC1CCNC(c2ccc(C(F)(F)F)cc2)CS1(=O)=O. The molecule has 0 radical (unpaired) electrons. The molecule has 1 aromatic carbocycles. The largest absolute Gasteiger partial charge is 0.416 e. The lowest BCUT2D eigenvalue weighted by Gasteiger charge is -2.17. The van der Waals surface area contributed by atoms with E-state index in [1.165, 1.54) is 12.1 Å². The van der Waals surface area contributed by atoms with Gasteiger partial charge >= 0.3 is 6.18 Å². The van der Waals surface area contributed by atoms with Crippen molar-refractivity contribution < 1.29 is 21.6 Å². The van der Waals surface area contributed by atoms with Crippen molar-refractivity contribution in [1.29, 1.82) is 0 Å². The molecule has 1 aliphatic rings. The monoisotopic (exact) mass is 307 g/mol. The van der Waals surface area contributed by atoms with E-state index < -0.39 is 32.9 Å². The zero-order chi connectivity index (χ0) is 15.0. The molecule has 0 amide bonds. The number of alkyl halides is 3. The Kier molecular flexibility index (Phi) is 4.11. The Balaban J connectivity index is 2.23. The van der Waals surface area contributed by atoms with Crippen molar-refractivity contribution in [2.45, 2.75) is 30.8 Å². The fourth-order valence-corrected chi connectivity index (χ4v) is 3.79. The van der Waals surface area contributed by atoms with Crippen molar-refractivity contribution >= 4 is 9.84 Å². The van der Waals surface area contributed by atoms with E-state index in [1.807, 2.05) is 0 Å². The predicted octanol–water partition coefficient (Wildman–Crippen LogP) is 2.54. The van der Waals surface area contributed by atoms with Gasteiger partial charge in [-0.3, -0.25) is 0 Å². The first-order valence-corrected chi connectivity index (χ1v) is 8.04. The molecule has 1 saturated heterocycles. The van der Waals surface area contributed by atoms with Crippen LogP contribution in [-0.4, -0.2) is 26.0 Å². The van der Waals surface area contributed by atoms with Crippen molar-refractivity contribution in [2.24, 2.45) is 0 Å². The van der Waals surface area contributed by atoms with Crippen LogP contribution in [0.15, 0.2) is 24.3 Å². The standard InChI is InChI=1S/C13H16F3NO2S/c1-9-6-7-17-12(8-20(9,18)19)10-2-4-11(5-3-10)13(14,15)16/h2-5,9,12,17H,6-8H2,1H3. The summed E-state index contributed by atoms with van der Waals surface area (Å²) in [6.07, 6.45) is -3.87. The van der Waals surface area contributed by atoms with E-state index in [2.05, 4.69) is 5.32 Å². The molecule has 2 rings (SSSR count). The van der Waals surface area contributed by atoms with Crippen molar-refractivity contribution in [3.05, 3.63) is 35.4 Å². The Morgan fingerprint density at radius 3 is 2.35 bits per heavy atom. The van der Waals surface area contributed by atoms with Crippen LogP contribution in [-0.2, 0) is 16.0 Å². The van der Waals surface area contributed by atoms with Crippen LogP contribution in [0.3, 0.4) is 0 Å². The lowest BCUT2D eigenvalue weighted by molar-refractivity contribution is -0.137. The summed E-state index contributed by atoms with van der Waals surface area (Å²) in [5.41, 5.74) is -0.165. The van der Waals surface area contributed by atoms with Crippen LogP contribution in [0, 0.1) is 0 Å². The summed E-state index contributed by atoms with van der Waals surface area (Å²) in [5, 5.41) is 2.66. The van der Waals surface area contributed by atoms with Gasteiger partial charge in [0, 0.05) is 6.04 Å². The van der Waals surface area contributed by atoms with Gasteiger partial charge < -0.3 is 5.32 Å². The van der Waals surface area contributed by atoms with Crippen LogP contribution in [0.25, 0.3) is 0 Å². The molecule has 0 spiro atoms. The maximum Gasteiger partial charge on any atom is 0.416 e. The van der Waals surface area contributed by atoms with Gasteiger partial charge in [-0.05, 0) is 37.6 Å². The zero-order valence-corrected chi connectivity index (χ0v) is 11.8. The molecule has 3 nitrogen and oxygen atoms in total. The Hall–Kier alpha value is -1.08. The topological polar surface area (TPSA) is 46.2 Å². The van der Waals surface area contributed by atoms with Gasteiger partial charge in [-0.1, -0.05) is 12.1 Å². The highest BCUT2D eigenvalue weighted by molar-refractivity contribution is 7.92. The zero-order valence-electron chi connectivity index (χ0n) is 10.9. The Bertz CT molecular complexity index is 566. The molecule has 1 heterocycles. The molecule has 112 valence electrons. The average molecular weight is 307 g/mol. The lowest BCUT2D eigenvalue weighted by Crippen LogP contribution is -2.26. The first-order valence-electron chi connectivity index (χ1n) is 6.32. The van der Waals surface area contributed by atoms with Crippen LogP contribution in [0.2, 0.25) is 0 Å². The second-order valence-corrected chi connectivity index (χ2v) is 7.52. The Labute approximate surface area is 116 Å². The summed E-state index contributed by atoms with van der Waals surface area (Å²) in [7, 11) is -3.22. The molecule has 1 N–H and O–H groups in total. The average Bonchev–Trinajstić information content (AvgIpc) is 2.48. The summed E-state index contributed by atoms with van der Waals surface area (Å²) < 4.78 is 61.5. The molecule has 1 aromatic rings. The summed E-state index contributed by atoms with van der Waals surface area (Å²) >= 11 is 0. The fourth-order valence-electron chi connectivity index (χ4n) is 2.21. The molecular weight excluding hydrogens is 291 g/mol. The van der Waals surface area contributed by atoms with E-state index in [4.69, 9.17) is 0 Å².